The van der Waals surface area contributed by atoms with Crippen LogP contribution in [0.15, 0.2) is 39.2 Å². The minimum absolute atomic E-state index is 0.0596. The number of hydrogen-bond acceptors (Lipinski definition) is 3. The molecule has 0 bridgehead atoms. The van der Waals surface area contributed by atoms with Crippen LogP contribution in [0, 0.1) is 0 Å². The van der Waals surface area contributed by atoms with Crippen molar-refractivity contribution in [1.29, 1.82) is 0 Å². The Balaban J connectivity index is 0.000000351. The molecule has 1 aromatic carbocycles. The molecule has 1 aliphatic rings. The van der Waals surface area contributed by atoms with Gasteiger partial charge in [-0.1, -0.05) is 50.8 Å². The molecule has 0 heterocycles. The highest BCUT2D eigenvalue weighted by Gasteiger charge is 2.30. The van der Waals surface area contributed by atoms with Crippen LogP contribution in [0.1, 0.15) is 58.3 Å². The molecular formula is C17H26BrClN2O2S. The minimum Gasteiger partial charge on any atom is -0.220 e. The molecule has 0 atom stereocenters. The molecule has 1 fully saturated rings. The summed E-state index contributed by atoms with van der Waals surface area (Å²) in [5, 5.41) is 0. The molecule has 0 radical (unpaired) electrons. The van der Waals surface area contributed by atoms with Gasteiger partial charge in [0, 0.05) is 12.3 Å². The summed E-state index contributed by atoms with van der Waals surface area (Å²) in [6.45, 7) is 2.17. The van der Waals surface area contributed by atoms with Gasteiger partial charge in [0.15, 0.2) is 0 Å². The number of unbranched alkanes of at least 4 members (excludes halogenated alkanes) is 2. The highest BCUT2D eigenvalue weighted by atomic mass is 79.9. The van der Waals surface area contributed by atoms with Crippen LogP contribution in [0.25, 0.3) is 0 Å². The summed E-state index contributed by atoms with van der Waals surface area (Å²) in [6.07, 6.45) is 10.5. The van der Waals surface area contributed by atoms with Crippen LogP contribution in [0.5, 0.6) is 0 Å². The number of benzene rings is 1. The van der Waals surface area contributed by atoms with Gasteiger partial charge < -0.3 is 0 Å². The van der Waals surface area contributed by atoms with Crippen molar-refractivity contribution < 1.29 is 8.42 Å². The quantitative estimate of drug-likeness (QED) is 0.324. The van der Waals surface area contributed by atoms with Gasteiger partial charge in [-0.25, -0.2) is 12.4 Å². The van der Waals surface area contributed by atoms with Crippen molar-refractivity contribution in [2.75, 3.05) is 0 Å². The first kappa shape index (κ1) is 21.6. The van der Waals surface area contributed by atoms with E-state index in [1.54, 1.807) is 30.3 Å². The molecule has 0 amide bonds. The van der Waals surface area contributed by atoms with Crippen molar-refractivity contribution in [2.24, 2.45) is 4.02 Å². The Bertz CT molecular complexity index is 576. The van der Waals surface area contributed by atoms with Crippen LogP contribution in [0.3, 0.4) is 0 Å². The summed E-state index contributed by atoms with van der Waals surface area (Å²) < 4.78 is 29.1. The second-order valence-corrected chi connectivity index (χ2v) is 8.56. The fourth-order valence-electron chi connectivity index (χ4n) is 2.52. The molecule has 1 saturated carbocycles. The van der Waals surface area contributed by atoms with Gasteiger partial charge in [-0.05, 0) is 49.6 Å². The Kier molecular flexibility index (Phi) is 10.8. The molecule has 0 spiro atoms. The van der Waals surface area contributed by atoms with Crippen molar-refractivity contribution in [3.8, 4) is 0 Å². The highest BCUT2D eigenvalue weighted by molar-refractivity contribution is 9.08. The first-order valence-corrected chi connectivity index (χ1v) is 10.9. The maximum atomic E-state index is 12.2. The Morgan fingerprint density at radius 1 is 1.25 bits per heavy atom. The molecule has 1 aromatic rings. The molecule has 4 nitrogen and oxygen atoms in total. The molecule has 24 heavy (non-hydrogen) atoms. The lowest BCUT2D eigenvalue weighted by Crippen LogP contribution is -2.34. The molecular weight excluding hydrogens is 412 g/mol. The van der Waals surface area contributed by atoms with E-state index in [1.165, 1.54) is 19.3 Å². The molecule has 1 aliphatic carbocycles. The van der Waals surface area contributed by atoms with Gasteiger partial charge in [-0.2, -0.15) is 0 Å². The fraction of sp³-hybridized carbons (Fsp3) is 0.588. The number of nitrogens with zero attached hydrogens (tertiary/aromatic N) is 2. The summed E-state index contributed by atoms with van der Waals surface area (Å²) in [4.78, 5) is 0.264. The van der Waals surface area contributed by atoms with Crippen molar-refractivity contribution in [1.82, 2.24) is 3.82 Å². The standard InChI is InChI=1S/C12H16ClNO2S.C5H10BrN/c13-14(11-7-3-1-4-8-11)17(15,16)12-9-5-2-6-10-12;1-2-3-4-5-7-6/h2,5-6,9-11H,1,3-4,7-8H2;5H,2-4H2,1H3. The van der Waals surface area contributed by atoms with E-state index in [0.717, 1.165) is 35.9 Å². The van der Waals surface area contributed by atoms with Gasteiger partial charge in [0.1, 0.15) is 0 Å². The van der Waals surface area contributed by atoms with E-state index in [4.69, 9.17) is 11.8 Å². The summed E-state index contributed by atoms with van der Waals surface area (Å²) in [6, 6.07) is 8.30. The molecule has 136 valence electrons. The van der Waals surface area contributed by atoms with E-state index in [1.807, 2.05) is 6.21 Å². The summed E-state index contributed by atoms with van der Waals surface area (Å²) in [7, 11) is -3.54. The van der Waals surface area contributed by atoms with Crippen LogP contribution >= 0.6 is 27.9 Å². The van der Waals surface area contributed by atoms with E-state index in [-0.39, 0.29) is 10.9 Å². The fourth-order valence-corrected chi connectivity index (χ4v) is 4.46. The zero-order valence-corrected chi connectivity index (χ0v) is 17.2. The van der Waals surface area contributed by atoms with Gasteiger partial charge in [-0.3, -0.25) is 0 Å². The first-order valence-electron chi connectivity index (χ1n) is 8.42. The van der Waals surface area contributed by atoms with Crippen molar-refractivity contribution in [3.05, 3.63) is 30.3 Å². The third-order valence-electron chi connectivity index (χ3n) is 3.89. The second-order valence-electron chi connectivity index (χ2n) is 5.77. The Morgan fingerprint density at radius 3 is 2.42 bits per heavy atom. The van der Waals surface area contributed by atoms with E-state index >= 15 is 0 Å². The predicted molar refractivity (Wildman–Crippen MR) is 105 cm³/mol. The van der Waals surface area contributed by atoms with Crippen LogP contribution in [0.2, 0.25) is 0 Å². The van der Waals surface area contributed by atoms with Crippen LogP contribution in [0.4, 0.5) is 0 Å². The Hall–Kier alpha value is -0.430. The maximum Gasteiger partial charge on any atom is 0.256 e. The molecule has 0 unspecified atom stereocenters. The number of sulfonamides is 1. The third-order valence-corrected chi connectivity index (χ3v) is 6.62. The average molecular weight is 438 g/mol. The number of halogens is 2. The van der Waals surface area contributed by atoms with Crippen molar-refractivity contribution >= 4 is 44.2 Å². The lowest BCUT2D eigenvalue weighted by Gasteiger charge is -2.27. The monoisotopic (exact) mass is 436 g/mol. The number of rotatable bonds is 6. The lowest BCUT2D eigenvalue weighted by molar-refractivity contribution is 0.339. The molecule has 0 saturated heterocycles. The largest absolute Gasteiger partial charge is 0.256 e. The van der Waals surface area contributed by atoms with Gasteiger partial charge in [-0.15, -0.1) is 3.82 Å². The highest BCUT2D eigenvalue weighted by Crippen LogP contribution is 2.29. The van der Waals surface area contributed by atoms with Crippen molar-refractivity contribution in [2.45, 2.75) is 69.2 Å². The molecule has 0 aromatic heterocycles. The minimum atomic E-state index is -3.54. The summed E-state index contributed by atoms with van der Waals surface area (Å²) in [5.74, 6) is 0. The van der Waals surface area contributed by atoms with Crippen LogP contribution < -0.4 is 0 Å². The van der Waals surface area contributed by atoms with Gasteiger partial charge in [0.05, 0.1) is 21.0 Å². The van der Waals surface area contributed by atoms with Crippen LogP contribution in [-0.4, -0.2) is 24.5 Å². The van der Waals surface area contributed by atoms with Gasteiger partial charge in [0.25, 0.3) is 10.0 Å². The smallest absolute Gasteiger partial charge is 0.220 e. The molecule has 0 N–H and O–H groups in total. The maximum absolute atomic E-state index is 12.2. The van der Waals surface area contributed by atoms with Gasteiger partial charge in [0.2, 0.25) is 0 Å². The van der Waals surface area contributed by atoms with E-state index in [9.17, 15) is 8.42 Å². The van der Waals surface area contributed by atoms with E-state index in [2.05, 4.69) is 27.1 Å². The zero-order chi connectivity index (χ0) is 17.8. The predicted octanol–water partition coefficient (Wildman–Crippen LogP) is 5.72. The molecule has 7 heteroatoms. The van der Waals surface area contributed by atoms with Gasteiger partial charge >= 0.3 is 0 Å². The van der Waals surface area contributed by atoms with Crippen molar-refractivity contribution in [3.63, 3.8) is 0 Å². The van der Waals surface area contributed by atoms with E-state index < -0.39 is 10.0 Å². The average Bonchev–Trinajstić information content (AvgIpc) is 2.63. The summed E-state index contributed by atoms with van der Waals surface area (Å²) in [5.41, 5.74) is 0. The Morgan fingerprint density at radius 2 is 1.88 bits per heavy atom. The first-order chi connectivity index (χ1) is 11.5. The van der Waals surface area contributed by atoms with Crippen LogP contribution in [-0.2, 0) is 10.0 Å². The SMILES string of the molecule is CCCCC=NBr.O=S(=O)(c1ccccc1)N(Cl)C1CCCCC1. The normalized spacial score (nSPS) is 16.2. The summed E-state index contributed by atoms with van der Waals surface area (Å²) >= 11 is 8.98. The number of hydrogen-bond donors (Lipinski definition) is 0. The second kappa shape index (κ2) is 12.0. The molecule has 0 aliphatic heterocycles. The zero-order valence-electron chi connectivity index (χ0n) is 14.1. The topological polar surface area (TPSA) is 49.7 Å². The molecule has 2 rings (SSSR count). The third kappa shape index (κ3) is 7.21. The Labute approximate surface area is 159 Å². The lowest BCUT2D eigenvalue weighted by atomic mass is 9.96. The van der Waals surface area contributed by atoms with E-state index in [0.29, 0.717) is 0 Å².